The minimum atomic E-state index is -0.485. The molecule has 0 aliphatic heterocycles. The van der Waals surface area contributed by atoms with Gasteiger partial charge in [0.1, 0.15) is 5.75 Å². The quantitative estimate of drug-likeness (QED) is 0.754. The molecule has 6 heteroatoms. The van der Waals surface area contributed by atoms with Crippen LogP contribution in [0.15, 0.2) is 27.3 Å². The van der Waals surface area contributed by atoms with Crippen LogP contribution < -0.4 is 4.74 Å². The zero-order valence-electron chi connectivity index (χ0n) is 9.66. The van der Waals surface area contributed by atoms with Gasteiger partial charge >= 0.3 is 5.97 Å². The van der Waals surface area contributed by atoms with E-state index in [4.69, 9.17) is 9.47 Å². The summed E-state index contributed by atoms with van der Waals surface area (Å²) < 4.78 is 11.5. The molecule has 0 bridgehead atoms. The lowest BCUT2D eigenvalue weighted by molar-refractivity contribution is 0.0596. The summed E-state index contributed by atoms with van der Waals surface area (Å²) in [5.41, 5.74) is 0.251. The number of rotatable bonds is 2. The van der Waals surface area contributed by atoms with E-state index >= 15 is 0 Å². The number of halogens is 2. The van der Waals surface area contributed by atoms with Gasteiger partial charge in [0, 0.05) is 25.9 Å². The van der Waals surface area contributed by atoms with Crippen LogP contribution in [-0.2, 0) is 4.74 Å². The highest BCUT2D eigenvalue weighted by Crippen LogP contribution is 2.37. The molecule has 4 nitrogen and oxygen atoms in total. The van der Waals surface area contributed by atoms with Gasteiger partial charge in [-0.15, -0.1) is 0 Å². The molecule has 0 atom stereocenters. The molecule has 1 aromatic heterocycles. The normalized spacial score (nSPS) is 10.4. The van der Waals surface area contributed by atoms with Crippen molar-refractivity contribution >= 4 is 48.6 Å². The zero-order chi connectivity index (χ0) is 13.3. The number of nitrogens with zero attached hydrogens (tertiary/aromatic N) is 1. The third kappa shape index (κ3) is 2.10. The van der Waals surface area contributed by atoms with Gasteiger partial charge < -0.3 is 9.47 Å². The number of carbonyl (C=O) groups is 1. The van der Waals surface area contributed by atoms with Crippen molar-refractivity contribution in [3.05, 3.63) is 33.0 Å². The van der Waals surface area contributed by atoms with Crippen LogP contribution in [0.1, 0.15) is 10.5 Å². The van der Waals surface area contributed by atoms with Gasteiger partial charge in [-0.2, -0.15) is 0 Å². The number of hydrogen-bond acceptors (Lipinski definition) is 4. The topological polar surface area (TPSA) is 48.4 Å². The molecular weight excluding hydrogens is 366 g/mol. The average Bonchev–Trinajstić information content (AvgIpc) is 2.39. The van der Waals surface area contributed by atoms with E-state index < -0.39 is 5.97 Å². The molecule has 2 rings (SSSR count). The van der Waals surface area contributed by atoms with Crippen molar-refractivity contribution in [3.63, 3.8) is 0 Å². The third-order valence-electron chi connectivity index (χ3n) is 2.50. The molecule has 94 valence electrons. The summed E-state index contributed by atoms with van der Waals surface area (Å²) in [5, 5.41) is 1.44. The highest BCUT2D eigenvalue weighted by molar-refractivity contribution is 9.11. The monoisotopic (exact) mass is 373 g/mol. The molecule has 0 radical (unpaired) electrons. The first-order valence-electron chi connectivity index (χ1n) is 4.99. The summed E-state index contributed by atoms with van der Waals surface area (Å²) in [6.07, 6.45) is 1.56. The molecule has 0 aliphatic rings. The van der Waals surface area contributed by atoms with Crippen LogP contribution in [-0.4, -0.2) is 25.2 Å². The number of ether oxygens (including phenoxy) is 2. The van der Waals surface area contributed by atoms with E-state index in [0.29, 0.717) is 11.1 Å². The van der Waals surface area contributed by atoms with Crippen molar-refractivity contribution in [2.24, 2.45) is 0 Å². The first-order valence-corrected chi connectivity index (χ1v) is 6.57. The van der Waals surface area contributed by atoms with Crippen molar-refractivity contribution in [2.75, 3.05) is 14.2 Å². The second kappa shape index (κ2) is 5.24. The van der Waals surface area contributed by atoms with Gasteiger partial charge in [0.15, 0.2) is 5.69 Å². The van der Waals surface area contributed by atoms with Crippen molar-refractivity contribution in [1.29, 1.82) is 0 Å². The maximum atomic E-state index is 11.7. The molecule has 0 amide bonds. The number of hydrogen-bond donors (Lipinski definition) is 0. The van der Waals surface area contributed by atoms with Gasteiger partial charge in [0.25, 0.3) is 0 Å². The molecule has 0 saturated carbocycles. The SMILES string of the molecule is COC(=O)c1ncc(Br)c2c(OC)ccc(Br)c12. The molecule has 0 unspecified atom stereocenters. The predicted octanol–water partition coefficient (Wildman–Crippen LogP) is 3.56. The van der Waals surface area contributed by atoms with Crippen LogP contribution in [0.25, 0.3) is 10.8 Å². The Morgan fingerprint density at radius 1 is 1.17 bits per heavy atom. The Morgan fingerprint density at radius 2 is 1.89 bits per heavy atom. The molecule has 1 heterocycles. The van der Waals surface area contributed by atoms with Crippen LogP contribution in [0.3, 0.4) is 0 Å². The summed E-state index contributed by atoms with van der Waals surface area (Å²) in [7, 11) is 2.90. The van der Waals surface area contributed by atoms with Crippen molar-refractivity contribution < 1.29 is 14.3 Å². The third-order valence-corrected chi connectivity index (χ3v) is 3.76. The molecule has 0 saturated heterocycles. The fourth-order valence-corrected chi connectivity index (χ4v) is 2.71. The van der Waals surface area contributed by atoms with Crippen LogP contribution in [0.2, 0.25) is 0 Å². The molecule has 0 aliphatic carbocycles. The Labute approximate surface area is 121 Å². The maximum Gasteiger partial charge on any atom is 0.357 e. The minimum Gasteiger partial charge on any atom is -0.496 e. The van der Waals surface area contributed by atoms with Crippen LogP contribution in [0.4, 0.5) is 0 Å². The van der Waals surface area contributed by atoms with E-state index in [1.54, 1.807) is 13.3 Å². The highest BCUT2D eigenvalue weighted by atomic mass is 79.9. The summed E-state index contributed by atoms with van der Waals surface area (Å²) in [6, 6.07) is 3.62. The second-order valence-corrected chi connectivity index (χ2v) is 5.15. The number of carbonyl (C=O) groups excluding carboxylic acids is 1. The van der Waals surface area contributed by atoms with Gasteiger partial charge in [-0.1, -0.05) is 15.9 Å². The number of fused-ring (bicyclic) bond motifs is 1. The fourth-order valence-electron chi connectivity index (χ4n) is 1.70. The van der Waals surface area contributed by atoms with E-state index in [-0.39, 0.29) is 5.69 Å². The number of esters is 1. The Balaban J connectivity index is 2.92. The number of aromatic nitrogens is 1. The highest BCUT2D eigenvalue weighted by Gasteiger charge is 2.19. The van der Waals surface area contributed by atoms with Crippen LogP contribution in [0, 0.1) is 0 Å². The summed E-state index contributed by atoms with van der Waals surface area (Å²) in [4.78, 5) is 15.8. The lowest BCUT2D eigenvalue weighted by atomic mass is 10.1. The zero-order valence-corrected chi connectivity index (χ0v) is 12.8. The van der Waals surface area contributed by atoms with Gasteiger partial charge in [-0.3, -0.25) is 0 Å². The Hall–Kier alpha value is -1.14. The smallest absolute Gasteiger partial charge is 0.357 e. The summed E-state index contributed by atoms with van der Waals surface area (Å²) in [5.74, 6) is 0.175. The average molecular weight is 375 g/mol. The second-order valence-electron chi connectivity index (χ2n) is 3.45. The molecule has 1 aromatic carbocycles. The van der Waals surface area contributed by atoms with Crippen molar-refractivity contribution in [2.45, 2.75) is 0 Å². The molecular formula is C12H9Br2NO3. The maximum absolute atomic E-state index is 11.7. The Kier molecular flexibility index (Phi) is 3.87. The van der Waals surface area contributed by atoms with E-state index in [1.165, 1.54) is 7.11 Å². The van der Waals surface area contributed by atoms with E-state index in [9.17, 15) is 4.79 Å². The lowest BCUT2D eigenvalue weighted by Crippen LogP contribution is -2.06. The van der Waals surface area contributed by atoms with Crippen LogP contribution in [0.5, 0.6) is 5.75 Å². The summed E-state index contributed by atoms with van der Waals surface area (Å²) in [6.45, 7) is 0. The van der Waals surface area contributed by atoms with Gasteiger partial charge in [0.05, 0.1) is 14.2 Å². The van der Waals surface area contributed by atoms with Gasteiger partial charge in [-0.25, -0.2) is 9.78 Å². The predicted molar refractivity (Wildman–Crippen MR) is 75.0 cm³/mol. The number of pyridine rings is 1. The minimum absolute atomic E-state index is 0.251. The Morgan fingerprint density at radius 3 is 2.50 bits per heavy atom. The van der Waals surface area contributed by atoms with E-state index in [2.05, 4.69) is 36.8 Å². The Bertz CT molecular complexity index is 628. The van der Waals surface area contributed by atoms with Gasteiger partial charge in [-0.05, 0) is 28.1 Å². The fraction of sp³-hybridized carbons (Fsp3) is 0.167. The number of benzene rings is 1. The lowest BCUT2D eigenvalue weighted by Gasteiger charge is -2.11. The summed E-state index contributed by atoms with van der Waals surface area (Å²) >= 11 is 6.83. The van der Waals surface area contributed by atoms with Crippen molar-refractivity contribution in [3.8, 4) is 5.75 Å². The van der Waals surface area contributed by atoms with Crippen LogP contribution >= 0.6 is 31.9 Å². The standard InChI is InChI=1S/C12H9Br2NO3/c1-17-8-4-3-6(13)10-9(8)7(14)5-15-11(10)12(16)18-2/h3-5H,1-2H3. The molecule has 0 fully saturated rings. The van der Waals surface area contributed by atoms with E-state index in [1.807, 2.05) is 12.1 Å². The van der Waals surface area contributed by atoms with E-state index in [0.717, 1.165) is 14.3 Å². The molecule has 18 heavy (non-hydrogen) atoms. The van der Waals surface area contributed by atoms with Crippen molar-refractivity contribution in [1.82, 2.24) is 4.98 Å². The number of methoxy groups -OCH3 is 2. The molecule has 2 aromatic rings. The first kappa shape index (κ1) is 13.3. The first-order chi connectivity index (χ1) is 8.60. The van der Waals surface area contributed by atoms with Gasteiger partial charge in [0.2, 0.25) is 0 Å². The molecule has 0 spiro atoms. The molecule has 0 N–H and O–H groups in total. The largest absolute Gasteiger partial charge is 0.496 e.